The summed E-state index contributed by atoms with van der Waals surface area (Å²) in [5.74, 6) is 0.214. The first kappa shape index (κ1) is 69.8. The number of fused-ring (bicyclic) bond motifs is 1. The predicted molar refractivity (Wildman–Crippen MR) is 332 cm³/mol. The van der Waals surface area contributed by atoms with Gasteiger partial charge in [0.25, 0.3) is 11.6 Å². The molecule has 6 heterocycles. The van der Waals surface area contributed by atoms with Crippen LogP contribution in [0.4, 0.5) is 9.59 Å². The molecule has 0 aliphatic carbocycles. The van der Waals surface area contributed by atoms with Crippen molar-refractivity contribution in [2.75, 3.05) is 86.2 Å². The summed E-state index contributed by atoms with van der Waals surface area (Å²) >= 11 is 6.19. The Morgan fingerprint density at radius 1 is 0.816 bits per heavy atom. The second-order valence-corrected chi connectivity index (χ2v) is 24.5. The molecular formula is C65H88ClN11O10. The lowest BCUT2D eigenvalue weighted by molar-refractivity contribution is -0.141. The summed E-state index contributed by atoms with van der Waals surface area (Å²) in [5.41, 5.74) is 7.62. The molecule has 0 saturated carbocycles. The molecule has 0 spiro atoms. The van der Waals surface area contributed by atoms with E-state index in [-0.39, 0.29) is 54.3 Å². The number of benzene rings is 2. The number of aliphatic imine (C=N–C) groups is 1. The summed E-state index contributed by atoms with van der Waals surface area (Å²) in [6.07, 6.45) is 13.5. The maximum absolute atomic E-state index is 13.2. The lowest BCUT2D eigenvalue weighted by atomic mass is 9.70. The van der Waals surface area contributed by atoms with Crippen LogP contribution >= 0.6 is 11.6 Å². The van der Waals surface area contributed by atoms with E-state index in [1.807, 2.05) is 96.1 Å². The van der Waals surface area contributed by atoms with Gasteiger partial charge in [0.1, 0.15) is 22.8 Å². The number of hydrazine groups is 1. The molecule has 2 aromatic carbocycles. The van der Waals surface area contributed by atoms with E-state index in [9.17, 15) is 34.0 Å². The Morgan fingerprint density at radius 3 is 1.90 bits per heavy atom. The van der Waals surface area contributed by atoms with Gasteiger partial charge in [-0.25, -0.2) is 30.8 Å². The number of esters is 2. The zero-order valence-corrected chi connectivity index (χ0v) is 53.3. The topological polar surface area (TPSA) is 216 Å². The number of ketones is 1. The highest BCUT2D eigenvalue weighted by Crippen LogP contribution is 2.42. The van der Waals surface area contributed by atoms with Crippen molar-refractivity contribution in [3.63, 3.8) is 0 Å². The van der Waals surface area contributed by atoms with E-state index in [2.05, 4.69) is 72.1 Å². The van der Waals surface area contributed by atoms with E-state index in [1.54, 1.807) is 23.6 Å². The summed E-state index contributed by atoms with van der Waals surface area (Å²) in [5, 5.41) is 12.2. The van der Waals surface area contributed by atoms with Crippen LogP contribution in [0.2, 0.25) is 5.02 Å². The van der Waals surface area contributed by atoms with Gasteiger partial charge in [0.05, 0.1) is 31.6 Å². The first-order valence-corrected chi connectivity index (χ1v) is 30.4. The Morgan fingerprint density at radius 2 is 1.38 bits per heavy atom. The average molecular weight is 1220 g/mol. The third kappa shape index (κ3) is 21.8. The molecule has 6 aliphatic rings. The number of hydrogen-bond donors (Lipinski definition) is 1. The number of halogens is 1. The SMILES string of the molecule is CC(C)(C)OC(=O)N1CCC(=O)CC1.CN1CCC(N(C)C(=O)c2ccc(CC3=NC4C(N5CCC(CCC#N)(c6ccc(Cl)cc6)CC5)=CC=CN4N3)cc2)CC1.[C-]#[N+]C(C(=O)OCC)=C1CCN(C(=O)OC(C)(C)C)CC1.[C-]#[N+]CC(=O)OCC. The minimum absolute atomic E-state index is 0.0145. The van der Waals surface area contributed by atoms with Crippen LogP contribution in [0, 0.1) is 24.5 Å². The molecule has 8 rings (SSSR count). The fraction of sp³-hybridized carbons (Fsp3) is 0.569. The maximum Gasteiger partial charge on any atom is 0.410 e. The molecule has 21 nitrogen and oxygen atoms in total. The van der Waals surface area contributed by atoms with Crippen molar-refractivity contribution in [3.05, 3.63) is 128 Å². The number of nitrogens with zero attached hydrogens (tertiary/aromatic N) is 10. The van der Waals surface area contributed by atoms with Gasteiger partial charge >= 0.3 is 30.7 Å². The number of amidine groups is 1. The second-order valence-electron chi connectivity index (χ2n) is 24.0. The normalized spacial score (nSPS) is 18.2. The first-order chi connectivity index (χ1) is 41.3. The molecule has 0 bridgehead atoms. The maximum atomic E-state index is 13.2. The summed E-state index contributed by atoms with van der Waals surface area (Å²) in [6.45, 7) is 33.9. The third-order valence-corrected chi connectivity index (χ3v) is 15.6. The molecule has 2 aromatic rings. The second kappa shape index (κ2) is 33.3. The molecule has 6 aliphatic heterocycles. The number of piperidine rings is 4. The van der Waals surface area contributed by atoms with E-state index in [0.29, 0.717) is 77.4 Å². The van der Waals surface area contributed by atoms with Gasteiger partial charge in [-0.05, 0) is 173 Å². The van der Waals surface area contributed by atoms with Gasteiger partial charge in [0, 0.05) is 94.8 Å². The van der Waals surface area contributed by atoms with Gasteiger partial charge in [-0.3, -0.25) is 24.8 Å². The molecule has 1 N–H and O–H groups in total. The third-order valence-electron chi connectivity index (χ3n) is 15.4. The zero-order chi connectivity index (χ0) is 63.9. The number of rotatable bonds is 12. The molecule has 4 saturated heterocycles. The van der Waals surface area contributed by atoms with Crippen molar-refractivity contribution in [2.24, 2.45) is 4.99 Å². The molecule has 470 valence electrons. The van der Waals surface area contributed by atoms with Crippen molar-refractivity contribution in [1.29, 1.82) is 5.26 Å². The fourth-order valence-corrected chi connectivity index (χ4v) is 10.8. The standard InChI is InChI=1S/C35H42ClN7O.C15H22N2O4.C10H17NO3.C5H7NO2/c1-40-21-14-30(15-22-40)41(2)34(44)27-8-6-26(7-9-27)25-32-38-33-31(5-3-20-43(33)39-32)42-23-17-35(18-24-42,16-4-19-37)28-10-12-29(36)13-11-28;1-6-20-13(18)12(16-5)11-7-9-17(10-8-11)14(19)21-15(2,3)4;1-10(2,3)14-9(13)11-6-4-8(12)5-7-11;1-3-8-5(7)4-6-2/h3,5-13,20,30,33H,4,14-18,21-25H2,1-2H3,(H,38,39);6-10H2,1-4H3;4-7H2,1-3H3;3-4H2,1H3. The molecule has 87 heavy (non-hydrogen) atoms. The summed E-state index contributed by atoms with van der Waals surface area (Å²) in [6, 6.07) is 18.8. The molecule has 1 atom stereocenters. The molecule has 4 fully saturated rings. The van der Waals surface area contributed by atoms with Crippen LogP contribution < -0.4 is 5.43 Å². The Bertz CT molecular complexity index is 2930. The van der Waals surface area contributed by atoms with E-state index >= 15 is 0 Å². The van der Waals surface area contributed by atoms with Crippen LogP contribution in [-0.4, -0.2) is 181 Å². The minimum Gasteiger partial charge on any atom is -0.471 e. The molecular weight excluding hydrogens is 1130 g/mol. The van der Waals surface area contributed by atoms with E-state index in [4.69, 9.17) is 43.9 Å². The molecule has 0 radical (unpaired) electrons. The Hall–Kier alpha value is -7.93. The minimum atomic E-state index is -0.576. The smallest absolute Gasteiger partial charge is 0.410 e. The molecule has 3 amide bonds. The predicted octanol–water partition coefficient (Wildman–Crippen LogP) is 10.2. The van der Waals surface area contributed by atoms with Gasteiger partial charge in [0.15, 0.2) is 6.17 Å². The summed E-state index contributed by atoms with van der Waals surface area (Å²) in [4.78, 5) is 90.5. The molecule has 0 aromatic heterocycles. The lowest BCUT2D eigenvalue weighted by Gasteiger charge is -2.45. The van der Waals surface area contributed by atoms with Crippen molar-refractivity contribution in [3.8, 4) is 6.07 Å². The Balaban J connectivity index is 0.000000264. The van der Waals surface area contributed by atoms with Crippen LogP contribution in [0.25, 0.3) is 9.69 Å². The summed E-state index contributed by atoms with van der Waals surface area (Å²) < 4.78 is 19.8. The first-order valence-electron chi connectivity index (χ1n) is 30.0. The number of Topliss-reactive ketones (excluding diaryl/α,β-unsaturated/α-hetero) is 1. The van der Waals surface area contributed by atoms with Gasteiger partial charge in [-0.2, -0.15) is 5.26 Å². The van der Waals surface area contributed by atoms with E-state index in [1.165, 1.54) is 11.3 Å². The van der Waals surface area contributed by atoms with Crippen molar-refractivity contribution >= 4 is 53.3 Å². The molecule has 1 unspecified atom stereocenters. The van der Waals surface area contributed by atoms with Gasteiger partial charge in [-0.1, -0.05) is 41.4 Å². The number of nitrogens with one attached hydrogen (secondary N) is 1. The average Bonchev–Trinajstić information content (AvgIpc) is 2.39. The van der Waals surface area contributed by atoms with Crippen LogP contribution in [0.5, 0.6) is 0 Å². The quantitative estimate of drug-likeness (QED) is 0.0905. The number of nitriles is 1. The van der Waals surface area contributed by atoms with Crippen molar-refractivity contribution < 1.29 is 47.7 Å². The number of likely N-dealkylation sites (tertiary alicyclic amines) is 4. The number of ether oxygens (including phenoxy) is 4. The zero-order valence-electron chi connectivity index (χ0n) is 52.5. The Kier molecular flexibility index (Phi) is 26.7. The largest absolute Gasteiger partial charge is 0.471 e. The van der Waals surface area contributed by atoms with Gasteiger partial charge in [-0.15, -0.1) is 0 Å². The van der Waals surface area contributed by atoms with Crippen LogP contribution in [-0.2, 0) is 45.2 Å². The van der Waals surface area contributed by atoms with E-state index < -0.39 is 23.1 Å². The van der Waals surface area contributed by atoms with Crippen LogP contribution in [0.15, 0.2) is 88.8 Å². The van der Waals surface area contributed by atoms with Crippen molar-refractivity contribution in [2.45, 2.75) is 155 Å². The fourth-order valence-electron chi connectivity index (χ4n) is 10.7. The highest BCUT2D eigenvalue weighted by molar-refractivity contribution is 6.30. The van der Waals surface area contributed by atoms with Crippen LogP contribution in [0.1, 0.15) is 141 Å². The highest BCUT2D eigenvalue weighted by atomic mass is 35.5. The number of carbonyl (C=O) groups is 6. The van der Waals surface area contributed by atoms with Gasteiger partial charge in [0.2, 0.25) is 0 Å². The van der Waals surface area contributed by atoms with Crippen LogP contribution in [0.3, 0.4) is 0 Å². The highest BCUT2D eigenvalue weighted by Gasteiger charge is 2.40. The van der Waals surface area contributed by atoms with E-state index in [0.717, 1.165) is 85.8 Å². The number of amides is 3. The van der Waals surface area contributed by atoms with Crippen molar-refractivity contribution in [1.82, 2.24) is 34.9 Å². The monoisotopic (exact) mass is 1220 g/mol. The number of hydrogen-bond acceptors (Lipinski definition) is 16. The van der Waals surface area contributed by atoms with Gasteiger partial charge < -0.3 is 48.3 Å². The molecule has 22 heteroatoms. The number of carbonyl (C=O) groups excluding carboxylic acids is 6. The lowest BCUT2D eigenvalue weighted by Crippen LogP contribution is -2.47. The Labute approximate surface area is 519 Å². The number of allylic oxidation sites excluding steroid dienone is 2. The summed E-state index contributed by atoms with van der Waals surface area (Å²) in [7, 11) is 4.07.